The number of rotatable bonds is 7. The van der Waals surface area contributed by atoms with Crippen molar-refractivity contribution in [3.8, 4) is 5.75 Å². The molecule has 7 nitrogen and oxygen atoms in total. The maximum atomic E-state index is 12.3. The Balaban J connectivity index is 1.60. The molecule has 0 radical (unpaired) electrons. The first-order chi connectivity index (χ1) is 13.9. The Kier molecular flexibility index (Phi) is 5.99. The van der Waals surface area contributed by atoms with Crippen molar-refractivity contribution in [1.82, 2.24) is 0 Å². The fourth-order valence-corrected chi connectivity index (χ4v) is 2.63. The smallest absolute Gasteiger partial charge is 0.282 e. The number of nitrogens with zero attached hydrogens (tertiary/aromatic N) is 1. The first kappa shape index (κ1) is 19.8. The van der Waals surface area contributed by atoms with Crippen molar-refractivity contribution in [2.75, 3.05) is 11.9 Å². The molecule has 0 fully saturated rings. The van der Waals surface area contributed by atoms with Gasteiger partial charge in [0.25, 0.3) is 11.6 Å². The minimum Gasteiger partial charge on any atom is -0.485 e. The molecule has 29 heavy (non-hydrogen) atoms. The maximum absolute atomic E-state index is 12.3. The number of ether oxygens (including phenoxy) is 1. The van der Waals surface area contributed by atoms with Crippen molar-refractivity contribution in [1.29, 1.82) is 0 Å². The number of nitro benzene ring substituents is 1. The van der Waals surface area contributed by atoms with Crippen LogP contribution in [-0.2, 0) is 0 Å². The summed E-state index contributed by atoms with van der Waals surface area (Å²) in [4.78, 5) is 34.9. The highest BCUT2D eigenvalue weighted by molar-refractivity contribution is 6.07. The van der Waals surface area contributed by atoms with Gasteiger partial charge in [0, 0.05) is 17.3 Å². The van der Waals surface area contributed by atoms with Crippen LogP contribution in [0.15, 0.2) is 72.8 Å². The van der Waals surface area contributed by atoms with E-state index in [9.17, 15) is 19.7 Å². The molecule has 0 aromatic heterocycles. The van der Waals surface area contributed by atoms with E-state index in [1.54, 1.807) is 42.5 Å². The summed E-state index contributed by atoms with van der Waals surface area (Å²) in [6.07, 6.45) is 0. The quantitative estimate of drug-likeness (QED) is 0.366. The molecule has 0 bridgehead atoms. The molecule has 0 saturated carbocycles. The molecule has 146 valence electrons. The summed E-state index contributed by atoms with van der Waals surface area (Å²) in [6.45, 7) is 1.84. The second-order valence-corrected chi connectivity index (χ2v) is 6.33. The first-order valence-electron chi connectivity index (χ1n) is 8.81. The third-order valence-electron chi connectivity index (χ3n) is 4.20. The highest BCUT2D eigenvalue weighted by Gasteiger charge is 2.19. The molecule has 0 aliphatic rings. The monoisotopic (exact) mass is 390 g/mol. The molecule has 1 amide bonds. The number of aryl methyl sites for hydroxylation is 1. The summed E-state index contributed by atoms with van der Waals surface area (Å²) in [5.41, 5.74) is 1.80. The van der Waals surface area contributed by atoms with Crippen LogP contribution in [0.1, 0.15) is 26.3 Å². The molecular weight excluding hydrogens is 372 g/mol. The van der Waals surface area contributed by atoms with E-state index < -0.39 is 10.8 Å². The van der Waals surface area contributed by atoms with Gasteiger partial charge in [-0.2, -0.15) is 0 Å². The van der Waals surface area contributed by atoms with Crippen LogP contribution in [0.4, 0.5) is 11.4 Å². The largest absolute Gasteiger partial charge is 0.485 e. The number of nitro groups is 1. The van der Waals surface area contributed by atoms with E-state index >= 15 is 0 Å². The van der Waals surface area contributed by atoms with E-state index in [2.05, 4.69) is 5.32 Å². The van der Waals surface area contributed by atoms with E-state index in [0.717, 1.165) is 5.56 Å². The average Bonchev–Trinajstić information content (AvgIpc) is 2.73. The number of benzene rings is 3. The lowest BCUT2D eigenvalue weighted by atomic mass is 10.1. The van der Waals surface area contributed by atoms with Gasteiger partial charge in [0.2, 0.25) is 0 Å². The Morgan fingerprint density at radius 3 is 2.28 bits per heavy atom. The van der Waals surface area contributed by atoms with E-state index in [1.165, 1.54) is 18.2 Å². The molecule has 7 heteroatoms. The summed E-state index contributed by atoms with van der Waals surface area (Å²) in [6, 6.07) is 19.4. The zero-order chi connectivity index (χ0) is 20.8. The van der Waals surface area contributed by atoms with Gasteiger partial charge in [-0.3, -0.25) is 19.7 Å². The van der Waals surface area contributed by atoms with Crippen molar-refractivity contribution in [2.45, 2.75) is 6.92 Å². The van der Waals surface area contributed by atoms with Gasteiger partial charge in [-0.05, 0) is 37.3 Å². The van der Waals surface area contributed by atoms with Gasteiger partial charge >= 0.3 is 0 Å². The van der Waals surface area contributed by atoms with Crippen LogP contribution in [0.3, 0.4) is 0 Å². The molecular formula is C22H18N2O5. The molecule has 3 aromatic rings. The van der Waals surface area contributed by atoms with Crippen LogP contribution >= 0.6 is 0 Å². The highest BCUT2D eigenvalue weighted by atomic mass is 16.6. The normalized spacial score (nSPS) is 10.2. The fourth-order valence-electron chi connectivity index (χ4n) is 2.63. The number of amides is 1. The number of hydrogen-bond acceptors (Lipinski definition) is 5. The summed E-state index contributed by atoms with van der Waals surface area (Å²) >= 11 is 0. The lowest BCUT2D eigenvalue weighted by molar-refractivity contribution is -0.385. The van der Waals surface area contributed by atoms with Gasteiger partial charge in [-0.1, -0.05) is 42.0 Å². The zero-order valence-electron chi connectivity index (χ0n) is 15.6. The average molecular weight is 390 g/mol. The summed E-state index contributed by atoms with van der Waals surface area (Å²) < 4.78 is 5.50. The molecule has 0 unspecified atom stereocenters. The SMILES string of the molecule is Cc1ccc(C(=O)COc2ccc(NC(=O)c3ccccc3[N+](=O)[O-])cc2)cc1. The van der Waals surface area contributed by atoms with Gasteiger partial charge in [0.15, 0.2) is 12.4 Å². The van der Waals surface area contributed by atoms with Crippen molar-refractivity contribution in [3.63, 3.8) is 0 Å². The summed E-state index contributed by atoms with van der Waals surface area (Å²) in [5, 5.41) is 13.7. The number of anilines is 1. The third-order valence-corrected chi connectivity index (χ3v) is 4.20. The second-order valence-electron chi connectivity index (χ2n) is 6.33. The topological polar surface area (TPSA) is 98.5 Å². The van der Waals surface area contributed by atoms with Gasteiger partial charge < -0.3 is 10.1 Å². The molecule has 0 spiro atoms. The molecule has 0 aliphatic heterocycles. The van der Waals surface area contributed by atoms with E-state index in [-0.39, 0.29) is 23.6 Å². The number of nitrogens with one attached hydrogen (secondary N) is 1. The predicted octanol–water partition coefficient (Wildman–Crippen LogP) is 4.42. The van der Waals surface area contributed by atoms with Gasteiger partial charge in [-0.15, -0.1) is 0 Å². The minimum absolute atomic E-state index is 0.0264. The van der Waals surface area contributed by atoms with Crippen molar-refractivity contribution in [2.24, 2.45) is 0 Å². The van der Waals surface area contributed by atoms with Crippen molar-refractivity contribution < 1.29 is 19.2 Å². The van der Waals surface area contributed by atoms with Gasteiger partial charge in [0.05, 0.1) is 4.92 Å². The standard InChI is InChI=1S/C22H18N2O5/c1-15-6-8-16(9-7-15)21(25)14-29-18-12-10-17(11-13-18)23-22(26)19-4-2-3-5-20(19)24(27)28/h2-13H,14H2,1H3,(H,23,26). The van der Waals surface area contributed by atoms with Crippen LogP contribution in [0.2, 0.25) is 0 Å². The van der Waals surface area contributed by atoms with E-state index in [4.69, 9.17) is 4.74 Å². The van der Waals surface area contributed by atoms with E-state index in [0.29, 0.717) is 17.0 Å². The van der Waals surface area contributed by atoms with Gasteiger partial charge in [0.1, 0.15) is 11.3 Å². The van der Waals surface area contributed by atoms with Crippen LogP contribution in [-0.4, -0.2) is 23.2 Å². The number of Topliss-reactive ketones (excluding diaryl/α,β-unsaturated/α-hetero) is 1. The summed E-state index contributed by atoms with van der Waals surface area (Å²) in [7, 11) is 0. The second kappa shape index (κ2) is 8.79. The van der Waals surface area contributed by atoms with Crippen LogP contribution in [0.25, 0.3) is 0 Å². The molecule has 1 N–H and O–H groups in total. The Hall–Kier alpha value is -4.00. The molecule has 0 aliphatic carbocycles. The van der Waals surface area contributed by atoms with Crippen LogP contribution < -0.4 is 10.1 Å². The lowest BCUT2D eigenvalue weighted by Gasteiger charge is -2.08. The predicted molar refractivity (Wildman–Crippen MR) is 108 cm³/mol. The van der Waals surface area contributed by atoms with E-state index in [1.807, 2.05) is 19.1 Å². The molecule has 0 heterocycles. The number of carbonyl (C=O) groups excluding carboxylic acids is 2. The number of ketones is 1. The molecule has 0 saturated heterocycles. The molecule has 3 aromatic carbocycles. The Morgan fingerprint density at radius 1 is 0.966 bits per heavy atom. The summed E-state index contributed by atoms with van der Waals surface area (Å²) in [5.74, 6) is -0.256. The zero-order valence-corrected chi connectivity index (χ0v) is 15.6. The van der Waals surface area contributed by atoms with Crippen LogP contribution in [0.5, 0.6) is 5.75 Å². The Bertz CT molecular complexity index is 1040. The number of hydrogen-bond donors (Lipinski definition) is 1. The molecule has 3 rings (SSSR count). The maximum Gasteiger partial charge on any atom is 0.282 e. The fraction of sp³-hybridized carbons (Fsp3) is 0.0909. The van der Waals surface area contributed by atoms with Crippen molar-refractivity contribution >= 4 is 23.1 Å². The number of carbonyl (C=O) groups is 2. The molecule has 0 atom stereocenters. The minimum atomic E-state index is -0.600. The van der Waals surface area contributed by atoms with Crippen LogP contribution in [0, 0.1) is 17.0 Å². The highest BCUT2D eigenvalue weighted by Crippen LogP contribution is 2.21. The Labute approximate surface area is 167 Å². The lowest BCUT2D eigenvalue weighted by Crippen LogP contribution is -2.14. The van der Waals surface area contributed by atoms with Crippen molar-refractivity contribution in [3.05, 3.63) is 99.6 Å². The van der Waals surface area contributed by atoms with Gasteiger partial charge in [-0.25, -0.2) is 0 Å². The third kappa shape index (κ3) is 5.04. The number of para-hydroxylation sites is 1. The first-order valence-corrected chi connectivity index (χ1v) is 8.81. The Morgan fingerprint density at radius 2 is 1.62 bits per heavy atom.